The zero-order valence-corrected chi connectivity index (χ0v) is 14.9. The number of anilines is 1. The van der Waals surface area contributed by atoms with E-state index in [1.54, 1.807) is 23.7 Å². The summed E-state index contributed by atoms with van der Waals surface area (Å²) in [6, 6.07) is 12.4. The van der Waals surface area contributed by atoms with E-state index in [0.29, 0.717) is 19.5 Å². The number of hydrogen-bond donors (Lipinski definition) is 1. The number of carbonyl (C=O) groups is 1. The fourth-order valence-electron chi connectivity index (χ4n) is 2.54. The van der Waals surface area contributed by atoms with Crippen LogP contribution in [0.25, 0.3) is 20.7 Å². The molecule has 2 heterocycles. The third kappa shape index (κ3) is 4.03. The Morgan fingerprint density at radius 3 is 2.88 bits per heavy atom. The van der Waals surface area contributed by atoms with Crippen molar-refractivity contribution in [2.45, 2.75) is 6.42 Å². The van der Waals surface area contributed by atoms with Crippen molar-refractivity contribution in [1.82, 2.24) is 15.3 Å². The van der Waals surface area contributed by atoms with E-state index in [-0.39, 0.29) is 5.91 Å². The molecule has 2 aromatic heterocycles. The fourth-order valence-corrected chi connectivity index (χ4v) is 3.54. The van der Waals surface area contributed by atoms with E-state index in [9.17, 15) is 4.79 Å². The minimum atomic E-state index is 0.00680. The summed E-state index contributed by atoms with van der Waals surface area (Å²) in [4.78, 5) is 24.7. The largest absolute Gasteiger partial charge is 0.359 e. The van der Waals surface area contributed by atoms with Gasteiger partial charge < -0.3 is 10.2 Å². The van der Waals surface area contributed by atoms with Gasteiger partial charge in [-0.2, -0.15) is 0 Å². The molecular formula is C19H20N4OS. The topological polar surface area (TPSA) is 58.1 Å². The highest BCUT2D eigenvalue weighted by Crippen LogP contribution is 2.35. The Morgan fingerprint density at radius 2 is 2.12 bits per heavy atom. The van der Waals surface area contributed by atoms with Gasteiger partial charge in [0.2, 0.25) is 5.91 Å². The second kappa shape index (κ2) is 7.90. The minimum absolute atomic E-state index is 0.00680. The van der Waals surface area contributed by atoms with Gasteiger partial charge in [-0.3, -0.25) is 4.79 Å². The number of fused-ring (bicyclic) bond motifs is 1. The number of amides is 1. The number of carbonyl (C=O) groups excluding carboxylic acids is 1. The monoisotopic (exact) mass is 352 g/mol. The van der Waals surface area contributed by atoms with Gasteiger partial charge in [-0.05, 0) is 11.6 Å². The molecule has 1 aromatic carbocycles. The SMILES string of the molecule is C=CCNC(=O)CCN(C)c1ncnc2sc(-c3ccccc3)cc12. The van der Waals surface area contributed by atoms with E-state index in [4.69, 9.17) is 0 Å². The molecule has 0 aliphatic rings. The second-order valence-electron chi connectivity index (χ2n) is 5.66. The number of nitrogens with zero attached hydrogens (tertiary/aromatic N) is 3. The molecule has 0 saturated heterocycles. The Kier molecular flexibility index (Phi) is 5.40. The first-order valence-corrected chi connectivity index (χ1v) is 8.89. The fraction of sp³-hybridized carbons (Fsp3) is 0.211. The summed E-state index contributed by atoms with van der Waals surface area (Å²) in [5, 5.41) is 3.80. The lowest BCUT2D eigenvalue weighted by atomic mass is 10.2. The number of aromatic nitrogens is 2. The molecule has 25 heavy (non-hydrogen) atoms. The molecule has 128 valence electrons. The number of rotatable bonds is 7. The number of nitrogens with one attached hydrogen (secondary N) is 1. The minimum Gasteiger partial charge on any atom is -0.359 e. The summed E-state index contributed by atoms with van der Waals surface area (Å²) in [5.74, 6) is 0.854. The molecule has 0 bridgehead atoms. The van der Waals surface area contributed by atoms with Crippen LogP contribution in [0.2, 0.25) is 0 Å². The lowest BCUT2D eigenvalue weighted by molar-refractivity contribution is -0.120. The molecule has 6 heteroatoms. The van der Waals surface area contributed by atoms with Gasteiger partial charge in [-0.25, -0.2) is 9.97 Å². The summed E-state index contributed by atoms with van der Waals surface area (Å²) in [7, 11) is 1.95. The Balaban J connectivity index is 1.80. The first-order chi connectivity index (χ1) is 12.2. The van der Waals surface area contributed by atoms with E-state index in [1.807, 2.05) is 30.1 Å². The average Bonchev–Trinajstić information content (AvgIpc) is 3.09. The van der Waals surface area contributed by atoms with Gasteiger partial charge in [0.15, 0.2) is 0 Å². The van der Waals surface area contributed by atoms with Gasteiger partial charge >= 0.3 is 0 Å². The second-order valence-corrected chi connectivity index (χ2v) is 6.69. The quantitative estimate of drug-likeness (QED) is 0.661. The van der Waals surface area contributed by atoms with Crippen LogP contribution in [-0.4, -0.2) is 36.0 Å². The van der Waals surface area contributed by atoms with E-state index in [0.717, 1.165) is 20.9 Å². The van der Waals surface area contributed by atoms with Gasteiger partial charge in [0.05, 0.1) is 5.39 Å². The summed E-state index contributed by atoms with van der Waals surface area (Å²) in [6.45, 7) is 4.68. The van der Waals surface area contributed by atoms with Crippen molar-refractivity contribution in [2.24, 2.45) is 0 Å². The maximum absolute atomic E-state index is 11.8. The van der Waals surface area contributed by atoms with Crippen molar-refractivity contribution in [1.29, 1.82) is 0 Å². The smallest absolute Gasteiger partial charge is 0.222 e. The van der Waals surface area contributed by atoms with Crippen LogP contribution in [-0.2, 0) is 4.79 Å². The summed E-state index contributed by atoms with van der Waals surface area (Å²) in [6.07, 6.45) is 3.66. The molecule has 0 aliphatic heterocycles. The zero-order valence-electron chi connectivity index (χ0n) is 14.1. The molecule has 0 atom stereocenters. The van der Waals surface area contributed by atoms with Crippen molar-refractivity contribution in [2.75, 3.05) is 25.0 Å². The van der Waals surface area contributed by atoms with Crippen LogP contribution in [0.15, 0.2) is 55.4 Å². The van der Waals surface area contributed by atoms with Crippen LogP contribution in [0.1, 0.15) is 6.42 Å². The molecule has 5 nitrogen and oxygen atoms in total. The molecule has 0 saturated carbocycles. The molecule has 0 radical (unpaired) electrons. The van der Waals surface area contributed by atoms with Crippen molar-refractivity contribution in [3.63, 3.8) is 0 Å². The van der Waals surface area contributed by atoms with Gasteiger partial charge in [0.25, 0.3) is 0 Å². The third-order valence-electron chi connectivity index (χ3n) is 3.85. The molecule has 0 spiro atoms. The lowest BCUT2D eigenvalue weighted by Gasteiger charge is -2.18. The van der Waals surface area contributed by atoms with Crippen molar-refractivity contribution in [3.05, 3.63) is 55.4 Å². The predicted octanol–water partition coefficient (Wildman–Crippen LogP) is 3.49. The highest BCUT2D eigenvalue weighted by molar-refractivity contribution is 7.21. The van der Waals surface area contributed by atoms with Crippen LogP contribution in [0.5, 0.6) is 0 Å². The van der Waals surface area contributed by atoms with Gasteiger partial charge in [-0.1, -0.05) is 36.4 Å². The third-order valence-corrected chi connectivity index (χ3v) is 4.94. The summed E-state index contributed by atoms with van der Waals surface area (Å²) < 4.78 is 0. The van der Waals surface area contributed by atoms with Crippen molar-refractivity contribution < 1.29 is 4.79 Å². The summed E-state index contributed by atoms with van der Waals surface area (Å²) in [5.41, 5.74) is 1.17. The summed E-state index contributed by atoms with van der Waals surface area (Å²) >= 11 is 1.65. The zero-order chi connectivity index (χ0) is 17.6. The first-order valence-electron chi connectivity index (χ1n) is 8.07. The van der Waals surface area contributed by atoms with Crippen LogP contribution in [0, 0.1) is 0 Å². The lowest BCUT2D eigenvalue weighted by Crippen LogP contribution is -2.29. The molecular weight excluding hydrogens is 332 g/mol. The number of thiophene rings is 1. The Morgan fingerprint density at radius 1 is 1.32 bits per heavy atom. The molecule has 0 unspecified atom stereocenters. The van der Waals surface area contributed by atoms with Gasteiger partial charge in [-0.15, -0.1) is 17.9 Å². The first kappa shape index (κ1) is 17.1. The van der Waals surface area contributed by atoms with Crippen LogP contribution in [0.4, 0.5) is 5.82 Å². The molecule has 3 aromatic rings. The maximum Gasteiger partial charge on any atom is 0.222 e. The Hall–Kier alpha value is -2.73. The Bertz CT molecular complexity index is 876. The van der Waals surface area contributed by atoms with E-state index in [2.05, 4.69) is 40.1 Å². The van der Waals surface area contributed by atoms with Gasteiger partial charge in [0.1, 0.15) is 17.0 Å². The highest BCUT2D eigenvalue weighted by Gasteiger charge is 2.14. The van der Waals surface area contributed by atoms with Crippen molar-refractivity contribution >= 4 is 33.3 Å². The van der Waals surface area contributed by atoms with Crippen LogP contribution >= 0.6 is 11.3 Å². The molecule has 1 N–H and O–H groups in total. The predicted molar refractivity (Wildman–Crippen MR) is 104 cm³/mol. The number of benzene rings is 1. The van der Waals surface area contributed by atoms with Crippen molar-refractivity contribution in [3.8, 4) is 10.4 Å². The molecule has 1 amide bonds. The van der Waals surface area contributed by atoms with E-state index < -0.39 is 0 Å². The van der Waals surface area contributed by atoms with E-state index in [1.165, 1.54) is 5.56 Å². The van der Waals surface area contributed by atoms with Crippen LogP contribution < -0.4 is 10.2 Å². The number of hydrogen-bond acceptors (Lipinski definition) is 5. The standard InChI is InChI=1S/C19H20N4OS/c1-3-10-20-17(24)9-11-23(2)18-15-12-16(14-7-5-4-6-8-14)25-19(15)22-13-21-18/h3-8,12-13H,1,9-11H2,2H3,(H,20,24). The molecule has 0 fully saturated rings. The molecule has 0 aliphatic carbocycles. The normalized spacial score (nSPS) is 10.6. The molecule has 3 rings (SSSR count). The van der Waals surface area contributed by atoms with E-state index >= 15 is 0 Å². The van der Waals surface area contributed by atoms with Gasteiger partial charge in [0, 0.05) is 31.4 Å². The Labute approximate surface area is 151 Å². The maximum atomic E-state index is 11.8. The van der Waals surface area contributed by atoms with Crippen LogP contribution in [0.3, 0.4) is 0 Å². The highest BCUT2D eigenvalue weighted by atomic mass is 32.1. The average molecular weight is 352 g/mol.